The highest BCUT2D eigenvalue weighted by atomic mass is 16.5. The first kappa shape index (κ1) is 25.0. The zero-order chi connectivity index (χ0) is 25.2. The number of nitrogens with zero attached hydrogens (tertiary/aromatic N) is 2. The molecule has 0 spiro atoms. The summed E-state index contributed by atoms with van der Waals surface area (Å²) in [4.78, 5) is 15.1. The van der Waals surface area contributed by atoms with E-state index in [1.54, 1.807) is 10.8 Å². The molecule has 186 valence electrons. The summed E-state index contributed by atoms with van der Waals surface area (Å²) in [7, 11) is 0. The molecule has 7 nitrogen and oxygen atoms in total. The third kappa shape index (κ3) is 7.45. The Labute approximate surface area is 211 Å². The molecule has 1 heterocycles. The van der Waals surface area contributed by atoms with E-state index >= 15 is 0 Å². The van der Waals surface area contributed by atoms with Gasteiger partial charge in [0.2, 0.25) is 0 Å². The van der Waals surface area contributed by atoms with E-state index in [1.807, 2.05) is 66.7 Å². The Morgan fingerprint density at radius 3 is 2.42 bits per heavy atom. The maximum absolute atomic E-state index is 11.2. The van der Waals surface area contributed by atoms with Gasteiger partial charge >= 0.3 is 0 Å². The van der Waals surface area contributed by atoms with Crippen molar-refractivity contribution in [3.05, 3.63) is 114 Å². The minimum Gasteiger partial charge on any atom is -0.489 e. The molecule has 0 saturated heterocycles. The molecule has 1 aromatic heterocycles. The monoisotopic (exact) mass is 485 g/mol. The fourth-order valence-electron chi connectivity index (χ4n) is 3.95. The van der Waals surface area contributed by atoms with E-state index in [1.165, 1.54) is 6.33 Å². The van der Waals surface area contributed by atoms with Gasteiger partial charge in [-0.1, -0.05) is 54.6 Å². The number of primary amides is 1. The number of carbonyl (C=O) groups is 1. The normalized spacial score (nSPS) is 11.7. The van der Waals surface area contributed by atoms with E-state index in [2.05, 4.69) is 17.1 Å². The van der Waals surface area contributed by atoms with E-state index < -0.39 is 12.0 Å². The highest BCUT2D eigenvalue weighted by Gasteiger charge is 2.10. The SMILES string of the molecule is NC(=O)c1cn(CC(O)CCCc2ccccc2OCc2cccc(COc3ccccc3)c2)cn1. The number of amides is 1. The topological polar surface area (TPSA) is 99.6 Å². The lowest BCUT2D eigenvalue weighted by Gasteiger charge is -2.14. The minimum atomic E-state index is -0.577. The van der Waals surface area contributed by atoms with Crippen molar-refractivity contribution in [2.75, 3.05) is 0 Å². The maximum atomic E-state index is 11.2. The van der Waals surface area contributed by atoms with Gasteiger partial charge in [-0.25, -0.2) is 4.98 Å². The smallest absolute Gasteiger partial charge is 0.268 e. The second-order valence-electron chi connectivity index (χ2n) is 8.68. The lowest BCUT2D eigenvalue weighted by atomic mass is 10.0. The number of imidazole rings is 1. The van der Waals surface area contributed by atoms with Crippen LogP contribution in [0.1, 0.15) is 40.0 Å². The predicted molar refractivity (Wildman–Crippen MR) is 138 cm³/mol. The van der Waals surface area contributed by atoms with Gasteiger partial charge in [0.15, 0.2) is 0 Å². The van der Waals surface area contributed by atoms with Crippen molar-refractivity contribution in [1.29, 1.82) is 0 Å². The molecule has 0 radical (unpaired) electrons. The molecule has 3 aromatic carbocycles. The number of aliphatic hydroxyl groups is 1. The van der Waals surface area contributed by atoms with Crippen LogP contribution < -0.4 is 15.2 Å². The summed E-state index contributed by atoms with van der Waals surface area (Å²) < 4.78 is 13.7. The van der Waals surface area contributed by atoms with Crippen LogP contribution in [0.3, 0.4) is 0 Å². The van der Waals surface area contributed by atoms with Crippen LogP contribution in [0.2, 0.25) is 0 Å². The third-order valence-corrected chi connectivity index (χ3v) is 5.80. The lowest BCUT2D eigenvalue weighted by molar-refractivity contribution is 0.0995. The molecule has 1 amide bonds. The van der Waals surface area contributed by atoms with Crippen LogP contribution in [-0.4, -0.2) is 26.7 Å². The zero-order valence-electron chi connectivity index (χ0n) is 20.1. The molecule has 0 aliphatic carbocycles. The van der Waals surface area contributed by atoms with Crippen molar-refractivity contribution in [1.82, 2.24) is 9.55 Å². The maximum Gasteiger partial charge on any atom is 0.268 e. The molecule has 0 aliphatic rings. The Balaban J connectivity index is 1.26. The Bertz CT molecular complexity index is 1260. The van der Waals surface area contributed by atoms with E-state index in [0.717, 1.165) is 41.0 Å². The predicted octanol–water partition coefficient (Wildman–Crippen LogP) is 4.52. The Hall–Kier alpha value is -4.10. The van der Waals surface area contributed by atoms with Gasteiger partial charge in [-0.15, -0.1) is 0 Å². The van der Waals surface area contributed by atoms with Crippen LogP contribution in [0.15, 0.2) is 91.4 Å². The number of aliphatic hydroxyl groups excluding tert-OH is 1. The Morgan fingerprint density at radius 1 is 0.944 bits per heavy atom. The molecule has 0 aliphatic heterocycles. The molecule has 0 fully saturated rings. The number of nitrogens with two attached hydrogens (primary N) is 1. The van der Waals surface area contributed by atoms with Gasteiger partial charge < -0.3 is 24.9 Å². The number of carbonyl (C=O) groups excluding carboxylic acids is 1. The van der Waals surface area contributed by atoms with E-state index in [4.69, 9.17) is 15.2 Å². The van der Waals surface area contributed by atoms with E-state index in [0.29, 0.717) is 26.2 Å². The van der Waals surface area contributed by atoms with Gasteiger partial charge in [-0.2, -0.15) is 0 Å². The molecule has 0 bridgehead atoms. The molecular weight excluding hydrogens is 454 g/mol. The van der Waals surface area contributed by atoms with Crippen molar-refractivity contribution in [2.45, 2.75) is 45.1 Å². The van der Waals surface area contributed by atoms with E-state index in [9.17, 15) is 9.90 Å². The summed E-state index contributed by atoms with van der Waals surface area (Å²) in [5.41, 5.74) is 8.69. The highest BCUT2D eigenvalue weighted by molar-refractivity contribution is 5.90. The zero-order valence-corrected chi connectivity index (χ0v) is 20.1. The van der Waals surface area contributed by atoms with Crippen LogP contribution in [-0.2, 0) is 26.2 Å². The second-order valence-corrected chi connectivity index (χ2v) is 8.68. The molecule has 4 rings (SSSR count). The average molecular weight is 486 g/mol. The summed E-state index contributed by atoms with van der Waals surface area (Å²) in [6, 6.07) is 26.0. The van der Waals surface area contributed by atoms with Crippen LogP contribution in [0.5, 0.6) is 11.5 Å². The number of ether oxygens (including phenoxy) is 2. The summed E-state index contributed by atoms with van der Waals surface area (Å²) in [5.74, 6) is 1.12. The molecular formula is C29H31N3O4. The molecule has 7 heteroatoms. The molecule has 4 aromatic rings. The largest absolute Gasteiger partial charge is 0.489 e. The molecule has 0 saturated carbocycles. The van der Waals surface area contributed by atoms with Gasteiger partial charge in [-0.3, -0.25) is 4.79 Å². The van der Waals surface area contributed by atoms with Gasteiger partial charge in [0.1, 0.15) is 30.4 Å². The Kier molecular flexibility index (Phi) is 8.72. The van der Waals surface area contributed by atoms with Crippen molar-refractivity contribution in [3.8, 4) is 11.5 Å². The van der Waals surface area contributed by atoms with Gasteiger partial charge in [-0.05, 0) is 60.2 Å². The number of rotatable bonds is 13. The number of hydrogen-bond donors (Lipinski definition) is 2. The van der Waals surface area contributed by atoms with Crippen LogP contribution in [0.25, 0.3) is 0 Å². The minimum absolute atomic E-state index is 0.197. The van der Waals surface area contributed by atoms with Crippen molar-refractivity contribution < 1.29 is 19.4 Å². The van der Waals surface area contributed by atoms with Gasteiger partial charge in [0.25, 0.3) is 5.91 Å². The van der Waals surface area contributed by atoms with Crippen molar-refractivity contribution in [2.24, 2.45) is 5.73 Å². The number of aryl methyl sites for hydroxylation is 1. The summed E-state index contributed by atoms with van der Waals surface area (Å²) in [6.45, 7) is 1.32. The second kappa shape index (κ2) is 12.6. The van der Waals surface area contributed by atoms with Crippen LogP contribution in [0.4, 0.5) is 0 Å². The molecule has 1 unspecified atom stereocenters. The third-order valence-electron chi connectivity index (χ3n) is 5.80. The summed E-state index contributed by atoms with van der Waals surface area (Å²) in [6.07, 6.45) is 4.71. The van der Waals surface area contributed by atoms with Gasteiger partial charge in [0, 0.05) is 12.7 Å². The van der Waals surface area contributed by atoms with Gasteiger partial charge in [0.05, 0.1) is 12.4 Å². The Morgan fingerprint density at radius 2 is 1.67 bits per heavy atom. The first-order chi connectivity index (χ1) is 17.6. The quantitative estimate of drug-likeness (QED) is 0.290. The number of aromatic nitrogens is 2. The summed E-state index contributed by atoms with van der Waals surface area (Å²) >= 11 is 0. The first-order valence-electron chi connectivity index (χ1n) is 12.0. The molecule has 3 N–H and O–H groups in total. The number of benzene rings is 3. The molecule has 1 atom stereocenters. The van der Waals surface area contributed by atoms with Crippen LogP contribution >= 0.6 is 0 Å². The average Bonchev–Trinajstić information content (AvgIpc) is 3.36. The van der Waals surface area contributed by atoms with Crippen molar-refractivity contribution >= 4 is 5.91 Å². The summed E-state index contributed by atoms with van der Waals surface area (Å²) in [5, 5.41) is 10.4. The molecule has 36 heavy (non-hydrogen) atoms. The van der Waals surface area contributed by atoms with Crippen molar-refractivity contribution in [3.63, 3.8) is 0 Å². The van der Waals surface area contributed by atoms with E-state index in [-0.39, 0.29) is 5.69 Å². The fraction of sp³-hybridized carbons (Fsp3) is 0.241. The highest BCUT2D eigenvalue weighted by Crippen LogP contribution is 2.22. The first-order valence-corrected chi connectivity index (χ1v) is 12.0. The number of para-hydroxylation sites is 2. The standard InChI is InChI=1S/C29H31N3O4/c30-29(34)27-18-32(21-31-27)17-25(33)12-7-11-24-10-4-5-15-28(24)36-20-23-9-6-8-22(16-23)19-35-26-13-2-1-3-14-26/h1-6,8-10,13-16,18,21,25,33H,7,11-12,17,19-20H2,(H2,30,34). The number of hydrogen-bond acceptors (Lipinski definition) is 5. The lowest BCUT2D eigenvalue weighted by Crippen LogP contribution is -2.15. The van der Waals surface area contributed by atoms with Crippen LogP contribution in [0, 0.1) is 0 Å². The fourth-order valence-corrected chi connectivity index (χ4v) is 3.95.